The molecule has 1 aliphatic rings. The molecule has 142 valence electrons. The fraction of sp³-hybridized carbons (Fsp3) is 0.364. The first kappa shape index (κ1) is 19.2. The topological polar surface area (TPSA) is 46.6 Å². The van der Waals surface area contributed by atoms with Crippen LogP contribution >= 0.6 is 0 Å². The first-order chi connectivity index (χ1) is 13.0. The number of Topliss-reactive ketones (excluding diaryl/α,β-unsaturated/α-hetero) is 1. The summed E-state index contributed by atoms with van der Waals surface area (Å²) in [4.78, 5) is 26.4. The van der Waals surface area contributed by atoms with Gasteiger partial charge in [-0.05, 0) is 68.1 Å². The molecule has 0 bridgehead atoms. The van der Waals surface area contributed by atoms with Gasteiger partial charge in [-0.25, -0.2) is 4.39 Å². The Morgan fingerprint density at radius 2 is 1.93 bits per heavy atom. The Balaban J connectivity index is 1.81. The van der Waals surface area contributed by atoms with Crippen LogP contribution in [0.25, 0.3) is 11.1 Å². The number of amides is 1. The molecule has 1 saturated heterocycles. The lowest BCUT2D eigenvalue weighted by atomic mass is 9.96. The molecule has 4 nitrogen and oxygen atoms in total. The first-order valence-corrected chi connectivity index (χ1v) is 9.31. The number of hydrogen-bond acceptors (Lipinski definition) is 3. The number of likely N-dealkylation sites (N-methyl/N-ethyl adjacent to an activating group) is 1. The first-order valence-electron chi connectivity index (χ1n) is 9.31. The van der Waals surface area contributed by atoms with Gasteiger partial charge in [-0.15, -0.1) is 0 Å². The number of carbonyl (C=O) groups excluding carboxylic acids is 2. The van der Waals surface area contributed by atoms with Crippen LogP contribution in [-0.4, -0.2) is 42.4 Å². The fourth-order valence-corrected chi connectivity index (χ4v) is 3.43. The number of carbonyl (C=O) groups is 2. The van der Waals surface area contributed by atoms with E-state index in [-0.39, 0.29) is 17.8 Å². The number of halogens is 1. The van der Waals surface area contributed by atoms with E-state index in [4.69, 9.17) is 4.74 Å². The third-order valence-corrected chi connectivity index (χ3v) is 4.92. The van der Waals surface area contributed by atoms with E-state index in [1.807, 2.05) is 6.92 Å². The molecule has 2 aromatic rings. The van der Waals surface area contributed by atoms with Crippen LogP contribution in [0, 0.1) is 5.82 Å². The van der Waals surface area contributed by atoms with Crippen LogP contribution in [0.4, 0.5) is 4.39 Å². The van der Waals surface area contributed by atoms with Crippen molar-refractivity contribution in [1.29, 1.82) is 0 Å². The second-order valence-corrected chi connectivity index (χ2v) is 6.80. The average Bonchev–Trinajstić information content (AvgIpc) is 3.18. The van der Waals surface area contributed by atoms with Crippen molar-refractivity contribution in [1.82, 2.24) is 4.90 Å². The molecule has 1 atom stereocenters. The molecule has 0 aliphatic carbocycles. The monoisotopic (exact) mass is 369 g/mol. The van der Waals surface area contributed by atoms with Crippen LogP contribution in [0.5, 0.6) is 0 Å². The molecule has 0 aromatic heterocycles. The molecule has 2 aromatic carbocycles. The SMILES string of the molecule is CCN(CC1CCCO1)C(=O)c1ccc(-c2cc(F)ccc2C(C)=O)cc1. The Labute approximate surface area is 158 Å². The second kappa shape index (κ2) is 8.44. The number of ether oxygens (including phenoxy) is 1. The van der Waals surface area contributed by atoms with Crippen LogP contribution in [0.15, 0.2) is 42.5 Å². The van der Waals surface area contributed by atoms with E-state index >= 15 is 0 Å². The van der Waals surface area contributed by atoms with Gasteiger partial charge in [0.15, 0.2) is 5.78 Å². The molecular formula is C22H24FNO3. The smallest absolute Gasteiger partial charge is 0.253 e. The summed E-state index contributed by atoms with van der Waals surface area (Å²) in [5.41, 5.74) is 2.27. The van der Waals surface area contributed by atoms with Gasteiger partial charge in [-0.1, -0.05) is 12.1 Å². The fourth-order valence-electron chi connectivity index (χ4n) is 3.43. The van der Waals surface area contributed by atoms with Crippen LogP contribution in [0.3, 0.4) is 0 Å². The molecule has 1 heterocycles. The van der Waals surface area contributed by atoms with Crippen molar-refractivity contribution in [2.45, 2.75) is 32.8 Å². The number of rotatable bonds is 6. The molecule has 27 heavy (non-hydrogen) atoms. The van der Waals surface area contributed by atoms with Crippen molar-refractivity contribution in [3.63, 3.8) is 0 Å². The van der Waals surface area contributed by atoms with E-state index in [9.17, 15) is 14.0 Å². The third kappa shape index (κ3) is 4.42. The van der Waals surface area contributed by atoms with Gasteiger partial charge in [0, 0.05) is 30.8 Å². The van der Waals surface area contributed by atoms with Crippen LogP contribution in [0.2, 0.25) is 0 Å². The summed E-state index contributed by atoms with van der Waals surface area (Å²) < 4.78 is 19.3. The Kier molecular flexibility index (Phi) is 6.01. The lowest BCUT2D eigenvalue weighted by molar-refractivity contribution is 0.0539. The van der Waals surface area contributed by atoms with E-state index in [0.29, 0.717) is 35.3 Å². The molecular weight excluding hydrogens is 345 g/mol. The largest absolute Gasteiger partial charge is 0.376 e. The van der Waals surface area contributed by atoms with Crippen LogP contribution in [0.1, 0.15) is 47.4 Å². The van der Waals surface area contributed by atoms with E-state index in [2.05, 4.69) is 0 Å². The highest BCUT2D eigenvalue weighted by molar-refractivity contribution is 6.01. The molecule has 3 rings (SSSR count). The summed E-state index contributed by atoms with van der Waals surface area (Å²) in [6.07, 6.45) is 2.13. The predicted octanol–water partition coefficient (Wildman–Crippen LogP) is 4.34. The summed E-state index contributed by atoms with van der Waals surface area (Å²) in [6.45, 7) is 5.37. The minimum Gasteiger partial charge on any atom is -0.376 e. The van der Waals surface area contributed by atoms with Crippen molar-refractivity contribution < 1.29 is 18.7 Å². The van der Waals surface area contributed by atoms with E-state index in [0.717, 1.165) is 19.4 Å². The maximum atomic E-state index is 13.7. The van der Waals surface area contributed by atoms with E-state index < -0.39 is 5.82 Å². The van der Waals surface area contributed by atoms with Gasteiger partial charge in [0.05, 0.1) is 6.10 Å². The molecule has 5 heteroatoms. The summed E-state index contributed by atoms with van der Waals surface area (Å²) in [6, 6.07) is 11.1. The highest BCUT2D eigenvalue weighted by atomic mass is 19.1. The Morgan fingerprint density at radius 1 is 1.19 bits per heavy atom. The number of nitrogens with zero attached hydrogens (tertiary/aromatic N) is 1. The van der Waals surface area contributed by atoms with Gasteiger partial charge >= 0.3 is 0 Å². The number of benzene rings is 2. The number of ketones is 1. The van der Waals surface area contributed by atoms with Crippen molar-refractivity contribution in [2.75, 3.05) is 19.7 Å². The Hall–Kier alpha value is -2.53. The van der Waals surface area contributed by atoms with Gasteiger partial charge in [0.2, 0.25) is 0 Å². The van der Waals surface area contributed by atoms with Gasteiger partial charge in [0.1, 0.15) is 5.82 Å². The minimum atomic E-state index is -0.399. The number of hydrogen-bond donors (Lipinski definition) is 0. The van der Waals surface area contributed by atoms with E-state index in [1.165, 1.54) is 25.1 Å². The third-order valence-electron chi connectivity index (χ3n) is 4.92. The summed E-state index contributed by atoms with van der Waals surface area (Å²) in [5.74, 6) is -0.576. The minimum absolute atomic E-state index is 0.0504. The molecule has 1 fully saturated rings. The lowest BCUT2D eigenvalue weighted by Crippen LogP contribution is -2.37. The van der Waals surface area contributed by atoms with Crippen molar-refractivity contribution in [3.8, 4) is 11.1 Å². The molecule has 0 radical (unpaired) electrons. The summed E-state index contributed by atoms with van der Waals surface area (Å²) in [5, 5.41) is 0. The maximum absolute atomic E-state index is 13.7. The molecule has 1 amide bonds. The van der Waals surface area contributed by atoms with Crippen molar-refractivity contribution >= 4 is 11.7 Å². The highest BCUT2D eigenvalue weighted by Crippen LogP contribution is 2.26. The Bertz CT molecular complexity index is 826. The van der Waals surface area contributed by atoms with Gasteiger partial charge in [-0.3, -0.25) is 9.59 Å². The standard InChI is InChI=1S/C22H24FNO3/c1-3-24(14-19-5-4-12-27-19)22(26)17-8-6-16(7-9-17)21-13-18(23)10-11-20(21)15(2)25/h6-11,13,19H,3-5,12,14H2,1-2H3. The Morgan fingerprint density at radius 3 is 2.52 bits per heavy atom. The zero-order chi connectivity index (χ0) is 19.4. The summed E-state index contributed by atoms with van der Waals surface area (Å²) >= 11 is 0. The molecule has 0 N–H and O–H groups in total. The summed E-state index contributed by atoms with van der Waals surface area (Å²) in [7, 11) is 0. The second-order valence-electron chi connectivity index (χ2n) is 6.80. The quantitative estimate of drug-likeness (QED) is 0.712. The zero-order valence-corrected chi connectivity index (χ0v) is 15.7. The molecule has 0 spiro atoms. The van der Waals surface area contributed by atoms with Crippen LogP contribution < -0.4 is 0 Å². The van der Waals surface area contributed by atoms with Gasteiger partial charge in [0.25, 0.3) is 5.91 Å². The highest BCUT2D eigenvalue weighted by Gasteiger charge is 2.22. The van der Waals surface area contributed by atoms with Crippen molar-refractivity contribution in [2.24, 2.45) is 0 Å². The zero-order valence-electron chi connectivity index (χ0n) is 15.7. The van der Waals surface area contributed by atoms with Gasteiger partial charge in [-0.2, -0.15) is 0 Å². The van der Waals surface area contributed by atoms with Crippen LogP contribution in [-0.2, 0) is 4.74 Å². The predicted molar refractivity (Wildman–Crippen MR) is 102 cm³/mol. The van der Waals surface area contributed by atoms with Gasteiger partial charge < -0.3 is 9.64 Å². The van der Waals surface area contributed by atoms with E-state index in [1.54, 1.807) is 29.2 Å². The average molecular weight is 369 g/mol. The molecule has 1 unspecified atom stereocenters. The normalized spacial score (nSPS) is 16.3. The lowest BCUT2D eigenvalue weighted by Gasteiger charge is -2.24. The molecule has 0 saturated carbocycles. The maximum Gasteiger partial charge on any atom is 0.253 e. The molecule has 1 aliphatic heterocycles. The van der Waals surface area contributed by atoms with Crippen molar-refractivity contribution in [3.05, 3.63) is 59.4 Å².